The lowest BCUT2D eigenvalue weighted by Crippen LogP contribution is -2.53. The van der Waals surface area contributed by atoms with E-state index in [9.17, 15) is 0 Å². The van der Waals surface area contributed by atoms with Crippen LogP contribution in [-0.2, 0) is 6.54 Å². The first-order valence-corrected chi connectivity index (χ1v) is 7.98. The monoisotopic (exact) mass is 282 g/mol. The van der Waals surface area contributed by atoms with Crippen LogP contribution in [0.3, 0.4) is 0 Å². The van der Waals surface area contributed by atoms with Gasteiger partial charge in [-0.2, -0.15) is 0 Å². The highest BCUT2D eigenvalue weighted by molar-refractivity contribution is 7.15. The Hall–Kier alpha value is -0.650. The van der Waals surface area contributed by atoms with Crippen LogP contribution >= 0.6 is 11.3 Å². The third-order valence-corrected chi connectivity index (χ3v) is 4.65. The molecule has 1 saturated heterocycles. The predicted octanol–water partition coefficient (Wildman–Crippen LogP) is 2.17. The lowest BCUT2D eigenvalue weighted by molar-refractivity contribution is 0.128. The van der Waals surface area contributed by atoms with Crippen molar-refractivity contribution < 1.29 is 0 Å². The van der Waals surface area contributed by atoms with Gasteiger partial charge in [0, 0.05) is 49.3 Å². The topological polar surface area (TPSA) is 31.4 Å². The highest BCUT2D eigenvalue weighted by Gasteiger charge is 2.26. The molecule has 1 N–H and O–H groups in total. The molecule has 0 spiro atoms. The molecule has 1 fully saturated rings. The first-order chi connectivity index (χ1) is 9.00. The Bertz CT molecular complexity index is 388. The van der Waals surface area contributed by atoms with Gasteiger partial charge in [-0.1, -0.05) is 6.92 Å². The Morgan fingerprint density at radius 3 is 2.53 bits per heavy atom. The molecule has 4 nitrogen and oxygen atoms in total. The normalized spacial score (nSPS) is 18.0. The molecule has 1 aromatic rings. The van der Waals surface area contributed by atoms with E-state index in [2.05, 4.69) is 47.8 Å². The summed E-state index contributed by atoms with van der Waals surface area (Å²) in [5.41, 5.74) is 0.283. The third-order valence-electron chi connectivity index (χ3n) is 3.59. The van der Waals surface area contributed by atoms with Crippen LogP contribution in [0.1, 0.15) is 32.6 Å². The van der Waals surface area contributed by atoms with Crippen LogP contribution in [-0.4, -0.2) is 48.1 Å². The Morgan fingerprint density at radius 1 is 1.26 bits per heavy atom. The van der Waals surface area contributed by atoms with Crippen molar-refractivity contribution in [1.29, 1.82) is 0 Å². The van der Waals surface area contributed by atoms with Gasteiger partial charge in [0.05, 0.1) is 0 Å². The standard InChI is InChI=1S/C14H26N4S/c1-5-15-10-12-11-16-13(19-12)17-6-8-18(9-7-17)14(2,3)4/h11,15H,5-10H2,1-4H3. The number of hydrogen-bond donors (Lipinski definition) is 1. The minimum atomic E-state index is 0.283. The minimum Gasteiger partial charge on any atom is -0.346 e. The van der Waals surface area contributed by atoms with Gasteiger partial charge < -0.3 is 10.2 Å². The summed E-state index contributed by atoms with van der Waals surface area (Å²) in [5.74, 6) is 0. The van der Waals surface area contributed by atoms with Crippen molar-refractivity contribution in [2.75, 3.05) is 37.6 Å². The Morgan fingerprint density at radius 2 is 1.95 bits per heavy atom. The zero-order valence-electron chi connectivity index (χ0n) is 12.6. The number of anilines is 1. The van der Waals surface area contributed by atoms with Gasteiger partial charge in [0.15, 0.2) is 5.13 Å². The fraction of sp³-hybridized carbons (Fsp3) is 0.786. The van der Waals surface area contributed by atoms with Crippen molar-refractivity contribution in [3.8, 4) is 0 Å². The molecule has 1 aliphatic heterocycles. The summed E-state index contributed by atoms with van der Waals surface area (Å²) in [6, 6.07) is 0. The lowest BCUT2D eigenvalue weighted by atomic mass is 10.1. The molecule has 2 rings (SSSR count). The van der Waals surface area contributed by atoms with Gasteiger partial charge in [0.25, 0.3) is 0 Å². The van der Waals surface area contributed by atoms with Gasteiger partial charge >= 0.3 is 0 Å². The van der Waals surface area contributed by atoms with Crippen LogP contribution in [0.5, 0.6) is 0 Å². The maximum Gasteiger partial charge on any atom is 0.185 e. The summed E-state index contributed by atoms with van der Waals surface area (Å²) in [7, 11) is 0. The van der Waals surface area contributed by atoms with Crippen molar-refractivity contribution >= 4 is 16.5 Å². The molecule has 19 heavy (non-hydrogen) atoms. The molecular formula is C14H26N4S. The molecular weight excluding hydrogens is 256 g/mol. The van der Waals surface area contributed by atoms with Crippen LogP contribution in [0.25, 0.3) is 0 Å². The number of rotatable bonds is 4. The maximum absolute atomic E-state index is 4.57. The molecule has 0 unspecified atom stereocenters. The first kappa shape index (κ1) is 14.8. The highest BCUT2D eigenvalue weighted by atomic mass is 32.1. The van der Waals surface area contributed by atoms with Crippen molar-refractivity contribution in [2.45, 2.75) is 39.8 Å². The van der Waals surface area contributed by atoms with E-state index in [0.29, 0.717) is 0 Å². The van der Waals surface area contributed by atoms with E-state index >= 15 is 0 Å². The van der Waals surface area contributed by atoms with E-state index < -0.39 is 0 Å². The van der Waals surface area contributed by atoms with Gasteiger partial charge in [-0.25, -0.2) is 4.98 Å². The molecule has 0 bridgehead atoms. The number of hydrogen-bond acceptors (Lipinski definition) is 5. The van der Waals surface area contributed by atoms with E-state index in [1.165, 1.54) is 10.0 Å². The molecule has 108 valence electrons. The molecule has 2 heterocycles. The van der Waals surface area contributed by atoms with E-state index in [1.54, 1.807) is 0 Å². The largest absolute Gasteiger partial charge is 0.346 e. The van der Waals surface area contributed by atoms with Gasteiger partial charge in [0.1, 0.15) is 0 Å². The van der Waals surface area contributed by atoms with E-state index in [-0.39, 0.29) is 5.54 Å². The Labute approximate surface area is 120 Å². The van der Waals surface area contributed by atoms with Crippen molar-refractivity contribution in [3.63, 3.8) is 0 Å². The van der Waals surface area contributed by atoms with Crippen LogP contribution in [0.4, 0.5) is 5.13 Å². The molecule has 0 aliphatic carbocycles. The molecule has 1 aromatic heterocycles. The molecule has 5 heteroatoms. The predicted molar refractivity (Wildman–Crippen MR) is 83.0 cm³/mol. The second-order valence-corrected chi connectivity index (χ2v) is 7.13. The third kappa shape index (κ3) is 3.91. The zero-order valence-corrected chi connectivity index (χ0v) is 13.4. The quantitative estimate of drug-likeness (QED) is 0.917. The van der Waals surface area contributed by atoms with Crippen LogP contribution in [0, 0.1) is 0 Å². The molecule has 0 radical (unpaired) electrons. The van der Waals surface area contributed by atoms with E-state index in [0.717, 1.165) is 39.3 Å². The summed E-state index contributed by atoms with van der Waals surface area (Å²) in [6.07, 6.45) is 2.01. The smallest absolute Gasteiger partial charge is 0.185 e. The fourth-order valence-electron chi connectivity index (χ4n) is 2.34. The fourth-order valence-corrected chi connectivity index (χ4v) is 3.27. The average molecular weight is 282 g/mol. The van der Waals surface area contributed by atoms with Crippen molar-refractivity contribution in [1.82, 2.24) is 15.2 Å². The summed E-state index contributed by atoms with van der Waals surface area (Å²) in [5, 5.41) is 4.53. The number of piperazine rings is 1. The second kappa shape index (κ2) is 6.20. The summed E-state index contributed by atoms with van der Waals surface area (Å²) in [4.78, 5) is 10.9. The van der Waals surface area contributed by atoms with Crippen molar-refractivity contribution in [2.24, 2.45) is 0 Å². The maximum atomic E-state index is 4.57. The molecule has 1 aliphatic rings. The summed E-state index contributed by atoms with van der Waals surface area (Å²) in [6.45, 7) is 15.4. The molecule has 0 saturated carbocycles. The molecule has 0 amide bonds. The molecule has 0 aromatic carbocycles. The average Bonchev–Trinajstić information content (AvgIpc) is 2.84. The second-order valence-electron chi connectivity index (χ2n) is 6.03. The number of aromatic nitrogens is 1. The first-order valence-electron chi connectivity index (χ1n) is 7.16. The van der Waals surface area contributed by atoms with Gasteiger partial charge in [-0.15, -0.1) is 11.3 Å². The number of thiazole rings is 1. The summed E-state index contributed by atoms with van der Waals surface area (Å²) >= 11 is 1.82. The number of nitrogens with one attached hydrogen (secondary N) is 1. The summed E-state index contributed by atoms with van der Waals surface area (Å²) < 4.78 is 0. The SMILES string of the molecule is CCNCc1cnc(N2CCN(C(C)(C)C)CC2)s1. The zero-order chi connectivity index (χ0) is 13.9. The lowest BCUT2D eigenvalue weighted by Gasteiger charge is -2.42. The van der Waals surface area contributed by atoms with Crippen LogP contribution in [0.2, 0.25) is 0 Å². The minimum absolute atomic E-state index is 0.283. The number of nitrogens with zero attached hydrogens (tertiary/aromatic N) is 3. The molecule has 0 atom stereocenters. The Balaban J connectivity index is 1.89. The van der Waals surface area contributed by atoms with Gasteiger partial charge in [-0.05, 0) is 27.3 Å². The van der Waals surface area contributed by atoms with E-state index in [1.807, 2.05) is 17.5 Å². The highest BCUT2D eigenvalue weighted by Crippen LogP contribution is 2.25. The van der Waals surface area contributed by atoms with Gasteiger partial charge in [-0.3, -0.25) is 4.90 Å². The van der Waals surface area contributed by atoms with E-state index in [4.69, 9.17) is 0 Å². The van der Waals surface area contributed by atoms with Crippen LogP contribution in [0.15, 0.2) is 6.20 Å². The van der Waals surface area contributed by atoms with Gasteiger partial charge in [0.2, 0.25) is 0 Å². The van der Waals surface area contributed by atoms with Crippen LogP contribution < -0.4 is 10.2 Å². The van der Waals surface area contributed by atoms with Crippen molar-refractivity contribution in [3.05, 3.63) is 11.1 Å². The Kier molecular flexibility index (Phi) is 4.81.